The van der Waals surface area contributed by atoms with Gasteiger partial charge in [0.2, 0.25) is 0 Å². The number of halogens is 3. The lowest BCUT2D eigenvalue weighted by Gasteiger charge is -2.19. The Hall–Kier alpha value is -2.15. The second-order valence-electron chi connectivity index (χ2n) is 7.48. The molecule has 3 aromatic rings. The first kappa shape index (κ1) is 23.0. The Morgan fingerprint density at radius 2 is 2.03 bits per heavy atom. The summed E-state index contributed by atoms with van der Waals surface area (Å²) in [7, 11) is -2.13. The number of aromatic nitrogens is 1. The summed E-state index contributed by atoms with van der Waals surface area (Å²) >= 11 is 2.50. The van der Waals surface area contributed by atoms with Crippen molar-refractivity contribution in [3.05, 3.63) is 46.3 Å². The van der Waals surface area contributed by atoms with E-state index in [2.05, 4.69) is 9.71 Å². The van der Waals surface area contributed by atoms with Gasteiger partial charge in [0.1, 0.15) is 16.1 Å². The number of likely N-dealkylation sites (N-methyl/N-ethyl adjacent to an activating group) is 1. The lowest BCUT2D eigenvalue weighted by atomic mass is 10.1. The second kappa shape index (κ2) is 8.65. The number of alkyl halides is 3. The molecule has 2 aromatic heterocycles. The standard InChI is InChI=1S/C20H20F3N3O3S3/c1-12-24-16(11-30-12)18-5-6-19(31-18)32(27,28)25-13-3-4-15(20(21,22)23)17(9-13)29-14-7-8-26(2)10-14/h3-6,9,11,14,25H,7-8,10H2,1-2H3/t14-/m1/s1. The summed E-state index contributed by atoms with van der Waals surface area (Å²) in [4.78, 5) is 7.00. The third-order valence-corrected chi connectivity index (χ3v) is 8.65. The highest BCUT2D eigenvalue weighted by Crippen LogP contribution is 2.39. The molecule has 0 aliphatic carbocycles. The SMILES string of the molecule is Cc1nc(-c2ccc(S(=O)(=O)Nc3ccc(C(F)(F)F)c(O[C@@H]4CCN(C)C4)c3)s2)cs1. The van der Waals surface area contributed by atoms with Crippen LogP contribution in [0.3, 0.4) is 0 Å². The molecule has 1 N–H and O–H groups in total. The predicted octanol–water partition coefficient (Wildman–Crippen LogP) is 5.08. The van der Waals surface area contributed by atoms with Crippen molar-refractivity contribution in [2.75, 3.05) is 24.9 Å². The van der Waals surface area contributed by atoms with Gasteiger partial charge in [-0.3, -0.25) is 4.72 Å². The minimum Gasteiger partial charge on any atom is -0.488 e. The largest absolute Gasteiger partial charge is 0.488 e. The topological polar surface area (TPSA) is 71.5 Å². The molecule has 1 atom stereocenters. The number of thiophene rings is 1. The molecular formula is C20H20F3N3O3S3. The summed E-state index contributed by atoms with van der Waals surface area (Å²) < 4.78 is 74.1. The molecular weight excluding hydrogens is 483 g/mol. The van der Waals surface area contributed by atoms with Crippen molar-refractivity contribution < 1.29 is 26.3 Å². The van der Waals surface area contributed by atoms with Crippen LogP contribution in [0.4, 0.5) is 18.9 Å². The molecule has 0 saturated carbocycles. The van der Waals surface area contributed by atoms with Crippen molar-refractivity contribution in [2.45, 2.75) is 29.8 Å². The van der Waals surface area contributed by atoms with E-state index in [-0.39, 0.29) is 15.6 Å². The van der Waals surface area contributed by atoms with Gasteiger partial charge in [0.25, 0.3) is 10.0 Å². The van der Waals surface area contributed by atoms with E-state index in [9.17, 15) is 21.6 Å². The fraction of sp³-hybridized carbons (Fsp3) is 0.350. The van der Waals surface area contributed by atoms with Crippen molar-refractivity contribution in [1.29, 1.82) is 0 Å². The first-order valence-electron chi connectivity index (χ1n) is 9.63. The van der Waals surface area contributed by atoms with Crippen LogP contribution in [0.15, 0.2) is 39.9 Å². The number of nitrogens with zero attached hydrogens (tertiary/aromatic N) is 2. The predicted molar refractivity (Wildman–Crippen MR) is 119 cm³/mol. The number of anilines is 1. The zero-order valence-corrected chi connectivity index (χ0v) is 19.6. The Morgan fingerprint density at radius 3 is 2.66 bits per heavy atom. The van der Waals surface area contributed by atoms with E-state index < -0.39 is 27.9 Å². The molecule has 3 heterocycles. The third-order valence-electron chi connectivity index (χ3n) is 4.90. The van der Waals surface area contributed by atoms with Gasteiger partial charge in [-0.15, -0.1) is 22.7 Å². The van der Waals surface area contributed by atoms with E-state index in [1.54, 1.807) is 6.07 Å². The number of aryl methyl sites for hydroxylation is 1. The zero-order chi connectivity index (χ0) is 23.1. The van der Waals surface area contributed by atoms with Crippen LogP contribution in [0.2, 0.25) is 0 Å². The summed E-state index contributed by atoms with van der Waals surface area (Å²) in [6, 6.07) is 6.13. The number of benzene rings is 1. The summed E-state index contributed by atoms with van der Waals surface area (Å²) in [5.74, 6) is -0.386. The van der Waals surface area contributed by atoms with Gasteiger partial charge in [0, 0.05) is 24.5 Å². The van der Waals surface area contributed by atoms with E-state index in [1.165, 1.54) is 17.4 Å². The summed E-state index contributed by atoms with van der Waals surface area (Å²) in [6.07, 6.45) is -4.42. The van der Waals surface area contributed by atoms with Gasteiger partial charge in [-0.1, -0.05) is 0 Å². The van der Waals surface area contributed by atoms with Crippen LogP contribution in [-0.2, 0) is 16.2 Å². The van der Waals surface area contributed by atoms with Crippen LogP contribution >= 0.6 is 22.7 Å². The molecule has 1 aliphatic rings. The number of rotatable bonds is 6. The molecule has 0 amide bonds. The van der Waals surface area contributed by atoms with Crippen LogP contribution < -0.4 is 9.46 Å². The van der Waals surface area contributed by atoms with Gasteiger partial charge in [0.15, 0.2) is 0 Å². The van der Waals surface area contributed by atoms with E-state index in [1.807, 2.05) is 24.3 Å². The van der Waals surface area contributed by atoms with Crippen molar-refractivity contribution in [3.8, 4) is 16.3 Å². The molecule has 6 nitrogen and oxygen atoms in total. The minimum absolute atomic E-state index is 0.00111. The van der Waals surface area contributed by atoms with Crippen molar-refractivity contribution in [1.82, 2.24) is 9.88 Å². The highest BCUT2D eigenvalue weighted by atomic mass is 32.2. The van der Waals surface area contributed by atoms with Gasteiger partial charge < -0.3 is 9.64 Å². The molecule has 32 heavy (non-hydrogen) atoms. The molecule has 1 aliphatic heterocycles. The third kappa shape index (κ3) is 5.08. The highest BCUT2D eigenvalue weighted by Gasteiger charge is 2.36. The number of thiazole rings is 1. The molecule has 0 radical (unpaired) electrons. The first-order valence-corrected chi connectivity index (χ1v) is 12.8. The summed E-state index contributed by atoms with van der Waals surface area (Å²) in [5, 5.41) is 2.70. The second-order valence-corrected chi connectivity index (χ2v) is 11.5. The Bertz CT molecular complexity index is 1220. The number of sulfonamides is 1. The molecule has 12 heteroatoms. The van der Waals surface area contributed by atoms with Gasteiger partial charge in [-0.25, -0.2) is 13.4 Å². The van der Waals surface area contributed by atoms with Crippen LogP contribution in [0.1, 0.15) is 17.0 Å². The molecule has 4 rings (SSSR count). The average molecular weight is 504 g/mol. The molecule has 172 valence electrons. The molecule has 0 spiro atoms. The molecule has 0 bridgehead atoms. The van der Waals surface area contributed by atoms with E-state index in [4.69, 9.17) is 4.74 Å². The number of ether oxygens (including phenoxy) is 1. The Kier molecular flexibility index (Phi) is 6.23. The van der Waals surface area contributed by atoms with Crippen LogP contribution in [-0.4, -0.2) is 44.5 Å². The maximum absolute atomic E-state index is 13.5. The fourth-order valence-electron chi connectivity index (χ4n) is 3.37. The fourth-order valence-corrected chi connectivity index (χ4v) is 6.38. The highest BCUT2D eigenvalue weighted by molar-refractivity contribution is 7.94. The Balaban J connectivity index is 1.59. The van der Waals surface area contributed by atoms with Crippen LogP contribution in [0, 0.1) is 6.92 Å². The van der Waals surface area contributed by atoms with Crippen LogP contribution in [0.5, 0.6) is 5.75 Å². The number of nitrogens with one attached hydrogen (secondary N) is 1. The zero-order valence-electron chi connectivity index (χ0n) is 17.1. The monoisotopic (exact) mass is 503 g/mol. The summed E-state index contributed by atoms with van der Waals surface area (Å²) in [6.45, 7) is 3.08. The van der Waals surface area contributed by atoms with E-state index in [0.29, 0.717) is 23.5 Å². The normalized spacial score (nSPS) is 17.6. The summed E-state index contributed by atoms with van der Waals surface area (Å²) in [5.41, 5.74) is -0.253. The van der Waals surface area contributed by atoms with Crippen molar-refractivity contribution in [3.63, 3.8) is 0 Å². The van der Waals surface area contributed by atoms with Crippen LogP contribution in [0.25, 0.3) is 10.6 Å². The van der Waals surface area contributed by atoms with Gasteiger partial charge in [-0.05, 0) is 44.7 Å². The molecule has 0 unspecified atom stereocenters. The smallest absolute Gasteiger partial charge is 0.419 e. The molecule has 1 saturated heterocycles. The van der Waals surface area contributed by atoms with Gasteiger partial charge in [-0.2, -0.15) is 13.2 Å². The van der Waals surface area contributed by atoms with Crippen molar-refractivity contribution >= 4 is 38.4 Å². The average Bonchev–Trinajstić information content (AvgIpc) is 3.42. The molecule has 1 fully saturated rings. The number of likely N-dealkylation sites (tertiary alicyclic amines) is 1. The first-order chi connectivity index (χ1) is 15.0. The number of hydrogen-bond donors (Lipinski definition) is 1. The van der Waals surface area contributed by atoms with E-state index in [0.717, 1.165) is 41.1 Å². The maximum atomic E-state index is 13.5. The maximum Gasteiger partial charge on any atom is 0.419 e. The van der Waals surface area contributed by atoms with Gasteiger partial charge >= 0.3 is 6.18 Å². The van der Waals surface area contributed by atoms with Gasteiger partial charge in [0.05, 0.1) is 26.8 Å². The minimum atomic E-state index is -4.62. The lowest BCUT2D eigenvalue weighted by Crippen LogP contribution is -2.23. The molecule has 1 aromatic carbocycles. The Morgan fingerprint density at radius 1 is 1.25 bits per heavy atom. The number of hydrogen-bond acceptors (Lipinski definition) is 7. The quantitative estimate of drug-likeness (QED) is 0.508. The van der Waals surface area contributed by atoms with E-state index >= 15 is 0 Å². The lowest BCUT2D eigenvalue weighted by molar-refractivity contribution is -0.139. The Labute approximate surface area is 191 Å². The van der Waals surface area contributed by atoms with Crippen molar-refractivity contribution in [2.24, 2.45) is 0 Å².